The van der Waals surface area contributed by atoms with Crippen LogP contribution in [0.15, 0.2) is 46.9 Å². The Morgan fingerprint density at radius 3 is 2.66 bits per heavy atom. The average Bonchev–Trinajstić information content (AvgIpc) is 3.42. The smallest absolute Gasteiger partial charge is 0.270 e. The maximum absolute atomic E-state index is 12.5. The number of carbonyl (C=O) groups excluding carboxylic acids is 2. The number of carbonyl (C=O) groups is 2. The van der Waals surface area contributed by atoms with Gasteiger partial charge in [-0.2, -0.15) is 0 Å². The summed E-state index contributed by atoms with van der Waals surface area (Å²) >= 11 is 8.67. The second-order valence-electron chi connectivity index (χ2n) is 6.23. The number of hydrogen-bond acceptors (Lipinski definition) is 7. The third-order valence-electron chi connectivity index (χ3n) is 4.05. The first-order valence-corrected chi connectivity index (χ1v) is 10.7. The Labute approximate surface area is 179 Å². The second-order valence-corrected chi connectivity index (χ2v) is 8.80. The quantitative estimate of drug-likeness (QED) is 0.598. The molecule has 7 nitrogen and oxygen atoms in total. The molecule has 3 aromatic rings. The highest BCUT2D eigenvalue weighted by Gasteiger charge is 2.30. The van der Waals surface area contributed by atoms with Crippen LogP contribution < -0.4 is 10.6 Å². The molecule has 29 heavy (non-hydrogen) atoms. The summed E-state index contributed by atoms with van der Waals surface area (Å²) in [6.45, 7) is 1.46. The van der Waals surface area contributed by atoms with Crippen molar-refractivity contribution >= 4 is 62.6 Å². The van der Waals surface area contributed by atoms with Crippen molar-refractivity contribution in [3.63, 3.8) is 0 Å². The van der Waals surface area contributed by atoms with Gasteiger partial charge in [-0.1, -0.05) is 28.9 Å². The molecule has 1 atom stereocenters. The van der Waals surface area contributed by atoms with Gasteiger partial charge in [-0.05, 0) is 24.3 Å². The molecular formula is C19H15ClN4O3S2. The van der Waals surface area contributed by atoms with Gasteiger partial charge in [-0.25, -0.2) is 4.98 Å². The number of amides is 2. The monoisotopic (exact) mass is 446 g/mol. The summed E-state index contributed by atoms with van der Waals surface area (Å²) in [5, 5.41) is 11.8. The average molecular weight is 447 g/mol. The number of hydrogen-bond donors (Lipinski definition) is 2. The number of oxime groups is 1. The minimum atomic E-state index is -0.699. The summed E-state index contributed by atoms with van der Waals surface area (Å²) in [6, 6.07) is 11.0. The first-order chi connectivity index (χ1) is 14.0. The summed E-state index contributed by atoms with van der Waals surface area (Å²) in [4.78, 5) is 34.2. The molecule has 1 aromatic carbocycles. The summed E-state index contributed by atoms with van der Waals surface area (Å²) in [6.07, 6.45) is -0.318. The second kappa shape index (κ2) is 8.32. The largest absolute Gasteiger partial charge is 0.382 e. The van der Waals surface area contributed by atoms with Crippen LogP contribution >= 0.6 is 34.3 Å². The van der Waals surface area contributed by atoms with Crippen LogP contribution in [-0.4, -0.2) is 28.6 Å². The first kappa shape index (κ1) is 19.6. The minimum Gasteiger partial charge on any atom is -0.382 e. The van der Waals surface area contributed by atoms with Crippen LogP contribution in [0.4, 0.5) is 10.8 Å². The number of thiophene rings is 1. The van der Waals surface area contributed by atoms with Crippen molar-refractivity contribution in [3.05, 3.63) is 51.0 Å². The van der Waals surface area contributed by atoms with Gasteiger partial charge in [0.05, 0.1) is 14.9 Å². The zero-order valence-corrected chi connectivity index (χ0v) is 17.5. The van der Waals surface area contributed by atoms with Gasteiger partial charge in [0, 0.05) is 30.0 Å². The van der Waals surface area contributed by atoms with E-state index in [0.29, 0.717) is 27.3 Å². The minimum absolute atomic E-state index is 0.125. The Morgan fingerprint density at radius 2 is 1.97 bits per heavy atom. The number of aromatic nitrogens is 1. The Morgan fingerprint density at radius 1 is 1.17 bits per heavy atom. The Bertz CT molecular complexity index is 1090. The van der Waals surface area contributed by atoms with E-state index in [2.05, 4.69) is 20.8 Å². The van der Waals surface area contributed by atoms with Crippen molar-refractivity contribution in [1.29, 1.82) is 0 Å². The van der Waals surface area contributed by atoms with Crippen LogP contribution in [-0.2, 0) is 14.4 Å². The standard InChI is InChI=1S/C19H15ClN4O3S2/c1-10(25)21-12-4-2-11(3-5-12)14-9-28-19(22-14)23-18(26)15-8-13(24-27-15)16-6-7-17(20)29-16/h2-7,9,15H,8H2,1H3,(H,21,25)(H,22,23,26). The zero-order valence-electron chi connectivity index (χ0n) is 15.1. The van der Waals surface area contributed by atoms with Gasteiger partial charge in [-0.15, -0.1) is 22.7 Å². The number of anilines is 2. The van der Waals surface area contributed by atoms with Crippen LogP contribution in [0.1, 0.15) is 18.2 Å². The summed E-state index contributed by atoms with van der Waals surface area (Å²) in [5.41, 5.74) is 3.04. The van der Waals surface area contributed by atoms with Gasteiger partial charge in [-0.3, -0.25) is 14.9 Å². The third-order valence-corrected chi connectivity index (χ3v) is 6.09. The van der Waals surface area contributed by atoms with Gasteiger partial charge in [0.15, 0.2) is 5.13 Å². The Hall–Kier alpha value is -2.75. The molecule has 2 aromatic heterocycles. The topological polar surface area (TPSA) is 92.7 Å². The maximum atomic E-state index is 12.5. The number of benzene rings is 1. The number of rotatable bonds is 5. The van der Waals surface area contributed by atoms with Crippen molar-refractivity contribution in [2.45, 2.75) is 19.4 Å². The SMILES string of the molecule is CC(=O)Nc1ccc(-c2csc(NC(=O)C3CC(c4ccc(Cl)s4)=NO3)n2)cc1. The highest BCUT2D eigenvalue weighted by molar-refractivity contribution is 7.18. The van der Waals surface area contributed by atoms with E-state index in [1.807, 2.05) is 23.6 Å². The van der Waals surface area contributed by atoms with Gasteiger partial charge in [0.25, 0.3) is 5.91 Å². The molecule has 0 radical (unpaired) electrons. The predicted molar refractivity (Wildman–Crippen MR) is 116 cm³/mol. The molecule has 0 fully saturated rings. The molecule has 1 aliphatic heterocycles. The third kappa shape index (κ3) is 4.64. The molecule has 1 aliphatic rings. The molecule has 0 bridgehead atoms. The lowest BCUT2D eigenvalue weighted by Crippen LogP contribution is -2.27. The number of nitrogens with zero attached hydrogens (tertiary/aromatic N) is 2. The molecule has 1 unspecified atom stereocenters. The van der Waals surface area contributed by atoms with E-state index in [-0.39, 0.29) is 11.8 Å². The van der Waals surface area contributed by atoms with E-state index in [0.717, 1.165) is 16.1 Å². The van der Waals surface area contributed by atoms with Crippen LogP contribution in [0.25, 0.3) is 11.3 Å². The summed E-state index contributed by atoms with van der Waals surface area (Å²) < 4.78 is 0.663. The van der Waals surface area contributed by atoms with Crippen molar-refractivity contribution in [2.24, 2.45) is 5.16 Å². The first-order valence-electron chi connectivity index (χ1n) is 8.61. The molecule has 2 N–H and O–H groups in total. The van der Waals surface area contributed by atoms with Crippen molar-refractivity contribution in [3.8, 4) is 11.3 Å². The summed E-state index contributed by atoms with van der Waals surface area (Å²) in [5.74, 6) is -0.423. The molecule has 3 heterocycles. The van der Waals surface area contributed by atoms with Crippen molar-refractivity contribution in [1.82, 2.24) is 4.98 Å². The summed E-state index contributed by atoms with van der Waals surface area (Å²) in [7, 11) is 0. The van der Waals surface area contributed by atoms with Crippen LogP contribution in [0.3, 0.4) is 0 Å². The maximum Gasteiger partial charge on any atom is 0.270 e. The van der Waals surface area contributed by atoms with E-state index in [9.17, 15) is 9.59 Å². The lowest BCUT2D eigenvalue weighted by atomic mass is 10.1. The molecule has 148 valence electrons. The van der Waals surface area contributed by atoms with E-state index in [1.165, 1.54) is 29.6 Å². The lowest BCUT2D eigenvalue weighted by molar-refractivity contribution is -0.125. The normalized spacial score (nSPS) is 15.5. The fourth-order valence-electron chi connectivity index (χ4n) is 2.71. The molecule has 2 amide bonds. The molecule has 0 saturated heterocycles. The van der Waals surface area contributed by atoms with Gasteiger partial charge < -0.3 is 10.2 Å². The molecular weight excluding hydrogens is 432 g/mol. The molecule has 0 saturated carbocycles. The van der Waals surface area contributed by atoms with Gasteiger partial charge >= 0.3 is 0 Å². The highest BCUT2D eigenvalue weighted by Crippen LogP contribution is 2.28. The number of halogens is 1. The fourth-order valence-corrected chi connectivity index (χ4v) is 4.47. The van der Waals surface area contributed by atoms with Crippen LogP contribution in [0.5, 0.6) is 0 Å². The van der Waals surface area contributed by atoms with Gasteiger partial charge in [0.2, 0.25) is 12.0 Å². The lowest BCUT2D eigenvalue weighted by Gasteiger charge is -2.06. The molecule has 0 aliphatic carbocycles. The van der Waals surface area contributed by atoms with Crippen LogP contribution in [0, 0.1) is 0 Å². The molecule has 0 spiro atoms. The van der Waals surface area contributed by atoms with E-state index in [1.54, 1.807) is 18.2 Å². The van der Waals surface area contributed by atoms with Gasteiger partial charge in [0.1, 0.15) is 5.71 Å². The Kier molecular flexibility index (Phi) is 5.61. The fraction of sp³-hybridized carbons (Fsp3) is 0.158. The number of nitrogens with one attached hydrogen (secondary N) is 2. The zero-order chi connectivity index (χ0) is 20.4. The van der Waals surface area contributed by atoms with E-state index >= 15 is 0 Å². The highest BCUT2D eigenvalue weighted by atomic mass is 35.5. The van der Waals surface area contributed by atoms with E-state index in [4.69, 9.17) is 16.4 Å². The Balaban J connectivity index is 1.37. The van der Waals surface area contributed by atoms with Crippen molar-refractivity contribution < 1.29 is 14.4 Å². The predicted octanol–water partition coefficient (Wildman–Crippen LogP) is 4.62. The molecule has 10 heteroatoms. The van der Waals surface area contributed by atoms with E-state index < -0.39 is 6.10 Å². The van der Waals surface area contributed by atoms with Crippen molar-refractivity contribution in [2.75, 3.05) is 10.6 Å². The molecule has 4 rings (SSSR count). The number of thiazole rings is 1. The van der Waals surface area contributed by atoms with Crippen LogP contribution in [0.2, 0.25) is 4.34 Å².